The van der Waals surface area contributed by atoms with Crippen LogP contribution in [0.3, 0.4) is 0 Å². The van der Waals surface area contributed by atoms with Crippen molar-refractivity contribution in [3.8, 4) is 17.2 Å². The van der Waals surface area contributed by atoms with E-state index < -0.39 is 5.82 Å². The first kappa shape index (κ1) is 23.4. The average Bonchev–Trinajstić information content (AvgIpc) is 3.11. The van der Waals surface area contributed by atoms with Crippen molar-refractivity contribution >= 4 is 5.91 Å². The number of halogens is 1. The van der Waals surface area contributed by atoms with Crippen molar-refractivity contribution in [3.05, 3.63) is 53.3 Å². The molecule has 1 aliphatic heterocycles. The van der Waals surface area contributed by atoms with Gasteiger partial charge in [0.05, 0.1) is 18.3 Å². The molecule has 6 heteroatoms. The smallest absolute Gasteiger partial charge is 0.257 e. The van der Waals surface area contributed by atoms with E-state index in [-0.39, 0.29) is 29.1 Å². The predicted octanol–water partition coefficient (Wildman–Crippen LogP) is 5.94. The van der Waals surface area contributed by atoms with Crippen molar-refractivity contribution in [2.45, 2.75) is 65.0 Å². The highest BCUT2D eigenvalue weighted by atomic mass is 19.1. The molecule has 0 spiro atoms. The lowest BCUT2D eigenvalue weighted by Gasteiger charge is -2.34. The molecule has 1 atom stereocenters. The molecule has 5 nitrogen and oxygen atoms in total. The van der Waals surface area contributed by atoms with Gasteiger partial charge in [-0.1, -0.05) is 25.5 Å². The maximum atomic E-state index is 14.9. The Bertz CT molecular complexity index is 971. The molecule has 0 radical (unpaired) electrons. The average molecular weight is 456 g/mol. The molecule has 178 valence electrons. The van der Waals surface area contributed by atoms with Crippen LogP contribution in [0.1, 0.15) is 68.3 Å². The summed E-state index contributed by atoms with van der Waals surface area (Å²) in [7, 11) is 0. The Morgan fingerprint density at radius 2 is 1.97 bits per heavy atom. The van der Waals surface area contributed by atoms with E-state index in [4.69, 9.17) is 9.47 Å². The van der Waals surface area contributed by atoms with Gasteiger partial charge in [0.2, 0.25) is 0 Å². The number of phenols is 1. The van der Waals surface area contributed by atoms with Crippen LogP contribution in [0.4, 0.5) is 4.39 Å². The SMILES string of the molecule is CCCCOc1ccc2c(c1F)C(=O)N(C[C@H]1CC[C@H](C(C)Oc3cccc(O)c3)CC1)C2. The highest BCUT2D eigenvalue weighted by Gasteiger charge is 2.35. The molecule has 1 saturated carbocycles. The first-order valence-electron chi connectivity index (χ1n) is 12.2. The number of carbonyl (C=O) groups excluding carboxylic acids is 1. The standard InChI is InChI=1S/C27H34FNO4/c1-3-4-14-32-24-13-12-21-17-29(27(31)25(21)26(24)28)16-19-8-10-20(11-9-19)18(2)33-23-7-5-6-22(30)15-23/h5-7,12-13,15,18-20,30H,3-4,8-11,14,16-17H2,1-2H3/t18?,19-,20-. The molecular formula is C27H34FNO4. The second-order valence-corrected chi connectivity index (χ2v) is 9.40. The molecule has 0 saturated heterocycles. The largest absolute Gasteiger partial charge is 0.508 e. The molecule has 1 aliphatic carbocycles. The second kappa shape index (κ2) is 10.4. The minimum absolute atomic E-state index is 0.0608. The van der Waals surface area contributed by atoms with E-state index in [0.29, 0.717) is 37.3 Å². The zero-order valence-corrected chi connectivity index (χ0v) is 19.6. The summed E-state index contributed by atoms with van der Waals surface area (Å²) in [6, 6.07) is 10.4. The molecule has 1 unspecified atom stereocenters. The van der Waals surface area contributed by atoms with Crippen molar-refractivity contribution in [1.82, 2.24) is 4.90 Å². The van der Waals surface area contributed by atoms with Gasteiger partial charge in [-0.2, -0.15) is 0 Å². The van der Waals surface area contributed by atoms with Gasteiger partial charge >= 0.3 is 0 Å². The molecule has 2 aliphatic rings. The molecule has 1 fully saturated rings. The zero-order chi connectivity index (χ0) is 23.4. The summed E-state index contributed by atoms with van der Waals surface area (Å²) in [6.45, 7) is 5.73. The van der Waals surface area contributed by atoms with Gasteiger partial charge in [0, 0.05) is 19.2 Å². The summed E-state index contributed by atoms with van der Waals surface area (Å²) in [6.07, 6.45) is 6.00. The van der Waals surface area contributed by atoms with Gasteiger partial charge in [-0.05, 0) is 74.6 Å². The lowest BCUT2D eigenvalue weighted by Crippen LogP contribution is -2.34. The number of hydrogen-bond donors (Lipinski definition) is 1. The van der Waals surface area contributed by atoms with E-state index in [0.717, 1.165) is 44.1 Å². The van der Waals surface area contributed by atoms with Crippen molar-refractivity contribution < 1.29 is 23.8 Å². The number of rotatable bonds is 9. The highest BCUT2D eigenvalue weighted by Crippen LogP contribution is 2.36. The Balaban J connectivity index is 1.29. The third kappa shape index (κ3) is 5.43. The molecule has 2 aromatic carbocycles. The topological polar surface area (TPSA) is 59.0 Å². The van der Waals surface area contributed by atoms with E-state index in [1.54, 1.807) is 29.2 Å². The number of fused-ring (bicyclic) bond motifs is 1. The van der Waals surface area contributed by atoms with Crippen molar-refractivity contribution in [1.29, 1.82) is 0 Å². The molecule has 1 heterocycles. The van der Waals surface area contributed by atoms with E-state index >= 15 is 0 Å². The van der Waals surface area contributed by atoms with Gasteiger partial charge in [-0.25, -0.2) is 4.39 Å². The fraction of sp³-hybridized carbons (Fsp3) is 0.519. The molecule has 1 N–H and O–H groups in total. The van der Waals surface area contributed by atoms with Crippen LogP contribution in [-0.2, 0) is 6.54 Å². The van der Waals surface area contributed by atoms with Gasteiger partial charge in [0.1, 0.15) is 11.5 Å². The Hall–Kier alpha value is -2.76. The van der Waals surface area contributed by atoms with Gasteiger partial charge in [0.25, 0.3) is 5.91 Å². The maximum Gasteiger partial charge on any atom is 0.257 e. The summed E-state index contributed by atoms with van der Waals surface area (Å²) in [5.41, 5.74) is 0.938. The number of ether oxygens (including phenoxy) is 2. The predicted molar refractivity (Wildman–Crippen MR) is 125 cm³/mol. The first-order valence-corrected chi connectivity index (χ1v) is 12.2. The van der Waals surface area contributed by atoms with Crippen LogP contribution in [-0.4, -0.2) is 35.2 Å². The number of aromatic hydroxyl groups is 1. The highest BCUT2D eigenvalue weighted by molar-refractivity contribution is 5.99. The number of carbonyl (C=O) groups is 1. The van der Waals surface area contributed by atoms with Crippen LogP contribution in [0, 0.1) is 17.7 Å². The molecular weight excluding hydrogens is 421 g/mol. The van der Waals surface area contributed by atoms with Crippen LogP contribution >= 0.6 is 0 Å². The molecule has 33 heavy (non-hydrogen) atoms. The van der Waals surface area contributed by atoms with Gasteiger partial charge in [-0.3, -0.25) is 4.79 Å². The van der Waals surface area contributed by atoms with Crippen LogP contribution < -0.4 is 9.47 Å². The van der Waals surface area contributed by atoms with Gasteiger partial charge < -0.3 is 19.5 Å². The number of unbranched alkanes of at least 4 members (excludes halogenated alkanes) is 1. The van der Waals surface area contributed by atoms with Crippen LogP contribution in [0.15, 0.2) is 36.4 Å². The maximum absolute atomic E-state index is 14.9. The van der Waals surface area contributed by atoms with E-state index in [2.05, 4.69) is 13.8 Å². The van der Waals surface area contributed by atoms with Crippen molar-refractivity contribution in [3.63, 3.8) is 0 Å². The molecule has 0 bridgehead atoms. The second-order valence-electron chi connectivity index (χ2n) is 9.40. The summed E-state index contributed by atoms with van der Waals surface area (Å²) in [5.74, 6) is 1.19. The van der Waals surface area contributed by atoms with E-state index in [9.17, 15) is 14.3 Å². The van der Waals surface area contributed by atoms with Crippen LogP contribution in [0.2, 0.25) is 0 Å². The molecule has 0 aromatic heterocycles. The van der Waals surface area contributed by atoms with Crippen LogP contribution in [0.5, 0.6) is 17.2 Å². The monoisotopic (exact) mass is 455 g/mol. The number of amides is 1. The third-order valence-corrected chi connectivity index (χ3v) is 6.98. The summed E-state index contributed by atoms with van der Waals surface area (Å²) in [4.78, 5) is 14.8. The number of nitrogens with zero attached hydrogens (tertiary/aromatic N) is 1. The van der Waals surface area contributed by atoms with E-state index in [1.807, 2.05) is 12.1 Å². The van der Waals surface area contributed by atoms with Crippen molar-refractivity contribution in [2.24, 2.45) is 11.8 Å². The minimum atomic E-state index is -0.516. The Morgan fingerprint density at radius 3 is 2.70 bits per heavy atom. The molecule has 1 amide bonds. The Kier molecular flexibility index (Phi) is 7.41. The van der Waals surface area contributed by atoms with Crippen molar-refractivity contribution in [2.75, 3.05) is 13.2 Å². The summed E-state index contributed by atoms with van der Waals surface area (Å²) in [5, 5.41) is 9.63. The fourth-order valence-corrected chi connectivity index (χ4v) is 5.00. The lowest BCUT2D eigenvalue weighted by molar-refractivity contribution is 0.0682. The first-order chi connectivity index (χ1) is 16.0. The minimum Gasteiger partial charge on any atom is -0.508 e. The number of phenolic OH excluding ortho intramolecular Hbond substituents is 1. The summed E-state index contributed by atoms with van der Waals surface area (Å²) < 4.78 is 26.5. The van der Waals surface area contributed by atoms with Gasteiger partial charge in [0.15, 0.2) is 11.6 Å². The fourth-order valence-electron chi connectivity index (χ4n) is 5.00. The number of benzene rings is 2. The summed E-state index contributed by atoms with van der Waals surface area (Å²) >= 11 is 0. The Morgan fingerprint density at radius 1 is 1.18 bits per heavy atom. The van der Waals surface area contributed by atoms with Gasteiger partial charge in [-0.15, -0.1) is 0 Å². The normalized spacial score (nSPS) is 21.1. The quantitative estimate of drug-likeness (QED) is 0.476. The Labute approximate surface area is 195 Å². The molecule has 4 rings (SSSR count). The van der Waals surface area contributed by atoms with E-state index in [1.165, 1.54) is 0 Å². The third-order valence-electron chi connectivity index (χ3n) is 6.98. The number of hydrogen-bond acceptors (Lipinski definition) is 4. The van der Waals surface area contributed by atoms with Crippen LogP contribution in [0.25, 0.3) is 0 Å². The molecule has 2 aromatic rings. The lowest BCUT2D eigenvalue weighted by atomic mass is 9.79. The zero-order valence-electron chi connectivity index (χ0n) is 19.6.